The molecule has 1 aliphatic rings. The van der Waals surface area contributed by atoms with E-state index in [0.29, 0.717) is 24.2 Å². The molecule has 2 heterocycles. The van der Waals surface area contributed by atoms with Crippen molar-refractivity contribution < 1.29 is 14.0 Å². The number of carbonyl (C=O) groups is 2. The topological polar surface area (TPSA) is 50.5 Å². The van der Waals surface area contributed by atoms with Crippen LogP contribution in [0.5, 0.6) is 0 Å². The predicted molar refractivity (Wildman–Crippen MR) is 75.7 cm³/mol. The van der Waals surface area contributed by atoms with Gasteiger partial charge in [0.15, 0.2) is 12.0 Å². The van der Waals surface area contributed by atoms with Crippen molar-refractivity contribution in [1.29, 1.82) is 0 Å². The number of aldehydes is 1. The lowest BCUT2D eigenvalue weighted by Gasteiger charge is -2.22. The molecule has 0 bridgehead atoms. The van der Waals surface area contributed by atoms with Crippen LogP contribution in [-0.4, -0.2) is 18.2 Å². The quantitative estimate of drug-likeness (QED) is 0.803. The van der Waals surface area contributed by atoms with E-state index in [-0.39, 0.29) is 11.9 Å². The van der Waals surface area contributed by atoms with E-state index < -0.39 is 0 Å². The highest BCUT2D eigenvalue weighted by molar-refractivity contribution is 5.96. The summed E-state index contributed by atoms with van der Waals surface area (Å²) in [6.07, 6.45) is 2.17. The molecule has 1 aliphatic heterocycles. The standard InChI is InChI=1S/C16H15NO3/c1-11-5-8-16(19)17(11)13-4-2-3-12(9-13)15-7-6-14(10-18)20-15/h2-4,6-7,9-11H,5,8H2,1H3. The van der Waals surface area contributed by atoms with E-state index in [9.17, 15) is 9.59 Å². The first-order valence-electron chi connectivity index (χ1n) is 6.66. The summed E-state index contributed by atoms with van der Waals surface area (Å²) in [7, 11) is 0. The number of benzene rings is 1. The van der Waals surface area contributed by atoms with Crippen LogP contribution in [0.2, 0.25) is 0 Å². The molecule has 4 nitrogen and oxygen atoms in total. The molecular weight excluding hydrogens is 254 g/mol. The number of carbonyl (C=O) groups excluding carboxylic acids is 2. The van der Waals surface area contributed by atoms with Crippen LogP contribution in [0.25, 0.3) is 11.3 Å². The Morgan fingerprint density at radius 3 is 2.80 bits per heavy atom. The van der Waals surface area contributed by atoms with E-state index in [4.69, 9.17) is 4.42 Å². The largest absolute Gasteiger partial charge is 0.453 e. The van der Waals surface area contributed by atoms with Crippen LogP contribution < -0.4 is 4.90 Å². The van der Waals surface area contributed by atoms with Gasteiger partial charge in [0.1, 0.15) is 5.76 Å². The third-order valence-electron chi connectivity index (χ3n) is 3.64. The van der Waals surface area contributed by atoms with Gasteiger partial charge in [-0.15, -0.1) is 0 Å². The number of anilines is 1. The average molecular weight is 269 g/mol. The summed E-state index contributed by atoms with van der Waals surface area (Å²) in [5.41, 5.74) is 1.74. The summed E-state index contributed by atoms with van der Waals surface area (Å²) in [5.74, 6) is 1.09. The molecule has 20 heavy (non-hydrogen) atoms. The number of hydrogen-bond donors (Lipinski definition) is 0. The zero-order valence-electron chi connectivity index (χ0n) is 11.2. The highest BCUT2D eigenvalue weighted by atomic mass is 16.3. The van der Waals surface area contributed by atoms with Gasteiger partial charge in [-0.3, -0.25) is 9.59 Å². The molecule has 1 amide bonds. The number of hydrogen-bond acceptors (Lipinski definition) is 3. The molecule has 1 fully saturated rings. The second-order valence-corrected chi connectivity index (χ2v) is 5.02. The lowest BCUT2D eigenvalue weighted by molar-refractivity contribution is -0.117. The van der Waals surface area contributed by atoms with Gasteiger partial charge in [-0.25, -0.2) is 0 Å². The van der Waals surface area contributed by atoms with Crippen LogP contribution in [0, 0.1) is 0 Å². The van der Waals surface area contributed by atoms with E-state index in [1.807, 2.05) is 29.2 Å². The molecule has 1 unspecified atom stereocenters. The van der Waals surface area contributed by atoms with Gasteiger partial charge in [-0.1, -0.05) is 12.1 Å². The van der Waals surface area contributed by atoms with Crippen LogP contribution >= 0.6 is 0 Å². The van der Waals surface area contributed by atoms with Gasteiger partial charge in [0, 0.05) is 23.7 Å². The van der Waals surface area contributed by atoms with Crippen molar-refractivity contribution in [2.24, 2.45) is 0 Å². The zero-order chi connectivity index (χ0) is 14.1. The average Bonchev–Trinajstić information content (AvgIpc) is 3.06. The zero-order valence-corrected chi connectivity index (χ0v) is 11.2. The normalized spacial score (nSPS) is 18.6. The van der Waals surface area contributed by atoms with Gasteiger partial charge in [-0.05, 0) is 37.6 Å². The highest BCUT2D eigenvalue weighted by Crippen LogP contribution is 2.30. The van der Waals surface area contributed by atoms with Crippen molar-refractivity contribution in [2.45, 2.75) is 25.8 Å². The first-order valence-corrected chi connectivity index (χ1v) is 6.66. The molecule has 0 spiro atoms. The van der Waals surface area contributed by atoms with Crippen LogP contribution in [0.4, 0.5) is 5.69 Å². The third kappa shape index (κ3) is 2.13. The Hall–Kier alpha value is -2.36. The first kappa shape index (κ1) is 12.7. The Morgan fingerprint density at radius 2 is 2.15 bits per heavy atom. The Labute approximate surface area is 117 Å². The maximum Gasteiger partial charge on any atom is 0.227 e. The summed E-state index contributed by atoms with van der Waals surface area (Å²) in [4.78, 5) is 24.4. The number of furan rings is 1. The number of amides is 1. The SMILES string of the molecule is CC1CCC(=O)N1c1cccc(-c2ccc(C=O)o2)c1. The van der Waals surface area contributed by atoms with Gasteiger partial charge in [-0.2, -0.15) is 0 Å². The molecule has 0 N–H and O–H groups in total. The lowest BCUT2D eigenvalue weighted by Crippen LogP contribution is -2.30. The van der Waals surface area contributed by atoms with Crippen molar-refractivity contribution in [1.82, 2.24) is 0 Å². The van der Waals surface area contributed by atoms with Gasteiger partial charge in [0.25, 0.3) is 0 Å². The minimum Gasteiger partial charge on any atom is -0.453 e. The van der Waals surface area contributed by atoms with Crippen LogP contribution in [-0.2, 0) is 4.79 Å². The fraction of sp³-hybridized carbons (Fsp3) is 0.250. The second kappa shape index (κ2) is 4.96. The lowest BCUT2D eigenvalue weighted by atomic mass is 10.1. The van der Waals surface area contributed by atoms with E-state index in [2.05, 4.69) is 6.92 Å². The Morgan fingerprint density at radius 1 is 1.30 bits per heavy atom. The van der Waals surface area contributed by atoms with Gasteiger partial charge in [0.2, 0.25) is 5.91 Å². The van der Waals surface area contributed by atoms with Crippen molar-refractivity contribution in [3.8, 4) is 11.3 Å². The molecule has 1 saturated heterocycles. The number of rotatable bonds is 3. The van der Waals surface area contributed by atoms with Crippen LogP contribution in [0.3, 0.4) is 0 Å². The van der Waals surface area contributed by atoms with E-state index in [0.717, 1.165) is 17.7 Å². The molecule has 1 aromatic heterocycles. The fourth-order valence-electron chi connectivity index (χ4n) is 2.61. The summed E-state index contributed by atoms with van der Waals surface area (Å²) in [6, 6.07) is 11.3. The summed E-state index contributed by atoms with van der Waals surface area (Å²) < 4.78 is 5.42. The minimum atomic E-state index is 0.155. The molecular formula is C16H15NO3. The summed E-state index contributed by atoms with van der Waals surface area (Å²) >= 11 is 0. The molecule has 3 rings (SSSR count). The molecule has 1 aromatic carbocycles. The van der Waals surface area contributed by atoms with Gasteiger partial charge in [0.05, 0.1) is 0 Å². The smallest absolute Gasteiger partial charge is 0.227 e. The van der Waals surface area contributed by atoms with E-state index >= 15 is 0 Å². The fourth-order valence-corrected chi connectivity index (χ4v) is 2.61. The Balaban J connectivity index is 1.97. The van der Waals surface area contributed by atoms with Crippen molar-refractivity contribution >= 4 is 17.9 Å². The van der Waals surface area contributed by atoms with Crippen LogP contribution in [0.15, 0.2) is 40.8 Å². The van der Waals surface area contributed by atoms with Crippen molar-refractivity contribution in [3.63, 3.8) is 0 Å². The molecule has 1 atom stereocenters. The number of nitrogens with zero attached hydrogens (tertiary/aromatic N) is 1. The Kier molecular flexibility index (Phi) is 3.14. The van der Waals surface area contributed by atoms with E-state index in [1.165, 1.54) is 0 Å². The van der Waals surface area contributed by atoms with Crippen LogP contribution in [0.1, 0.15) is 30.3 Å². The monoisotopic (exact) mass is 269 g/mol. The predicted octanol–water partition coefficient (Wildman–Crippen LogP) is 3.27. The molecule has 0 aliphatic carbocycles. The molecule has 102 valence electrons. The summed E-state index contributed by atoms with van der Waals surface area (Å²) in [6.45, 7) is 2.05. The second-order valence-electron chi connectivity index (χ2n) is 5.02. The van der Waals surface area contributed by atoms with E-state index in [1.54, 1.807) is 12.1 Å². The third-order valence-corrected chi connectivity index (χ3v) is 3.64. The van der Waals surface area contributed by atoms with Gasteiger partial charge >= 0.3 is 0 Å². The van der Waals surface area contributed by atoms with Crippen molar-refractivity contribution in [3.05, 3.63) is 42.2 Å². The maximum absolute atomic E-state index is 11.9. The van der Waals surface area contributed by atoms with Gasteiger partial charge < -0.3 is 9.32 Å². The molecule has 2 aromatic rings. The summed E-state index contributed by atoms with van der Waals surface area (Å²) in [5, 5.41) is 0. The molecule has 0 radical (unpaired) electrons. The minimum absolute atomic E-state index is 0.155. The molecule has 4 heteroatoms. The highest BCUT2D eigenvalue weighted by Gasteiger charge is 2.28. The Bertz CT molecular complexity index is 659. The van der Waals surface area contributed by atoms with Crippen molar-refractivity contribution in [2.75, 3.05) is 4.90 Å². The first-order chi connectivity index (χ1) is 9.69. The maximum atomic E-state index is 11.9. The molecule has 0 saturated carbocycles.